The first-order valence-corrected chi connectivity index (χ1v) is 5.28. The summed E-state index contributed by atoms with van der Waals surface area (Å²) in [6, 6.07) is 0. The Bertz CT molecular complexity index is 178. The Morgan fingerprint density at radius 3 is 2.43 bits per heavy atom. The molecule has 1 aliphatic rings. The fourth-order valence-electron chi connectivity index (χ4n) is 1.60. The van der Waals surface area contributed by atoms with Crippen molar-refractivity contribution in [3.63, 3.8) is 0 Å². The Morgan fingerprint density at radius 2 is 2.00 bits per heavy atom. The third-order valence-corrected chi connectivity index (χ3v) is 2.25. The largest absolute Gasteiger partial charge is 0.351 e. The highest BCUT2D eigenvalue weighted by Gasteiger charge is 2.23. The lowest BCUT2D eigenvalue weighted by atomic mass is 10.4. The molecule has 0 unspecified atom stereocenters. The van der Waals surface area contributed by atoms with Crippen LogP contribution in [-0.4, -0.2) is 43.4 Å². The van der Waals surface area contributed by atoms with Gasteiger partial charge in [-0.2, -0.15) is 0 Å². The standard InChI is InChI=1S/C10H19NO3/c1-3-13-10(14-4-2)8-11-7-5-6-9(11)12/h10H,3-8H2,1-2H3. The van der Waals surface area contributed by atoms with Gasteiger partial charge < -0.3 is 14.4 Å². The molecule has 0 spiro atoms. The van der Waals surface area contributed by atoms with E-state index in [1.807, 2.05) is 18.7 Å². The second-order valence-electron chi connectivity index (χ2n) is 3.28. The number of ether oxygens (including phenoxy) is 2. The topological polar surface area (TPSA) is 38.8 Å². The van der Waals surface area contributed by atoms with Gasteiger partial charge in [-0.15, -0.1) is 0 Å². The second kappa shape index (κ2) is 5.98. The summed E-state index contributed by atoms with van der Waals surface area (Å²) in [5, 5.41) is 0. The predicted molar refractivity (Wildman–Crippen MR) is 52.9 cm³/mol. The number of carbonyl (C=O) groups is 1. The Balaban J connectivity index is 2.33. The molecular formula is C10H19NO3. The van der Waals surface area contributed by atoms with E-state index < -0.39 is 0 Å². The molecule has 0 radical (unpaired) electrons. The lowest BCUT2D eigenvalue weighted by Crippen LogP contribution is -2.36. The maximum atomic E-state index is 11.3. The minimum absolute atomic E-state index is 0.217. The third kappa shape index (κ3) is 3.27. The van der Waals surface area contributed by atoms with Crippen molar-refractivity contribution in [2.75, 3.05) is 26.3 Å². The monoisotopic (exact) mass is 201 g/mol. The van der Waals surface area contributed by atoms with Crippen molar-refractivity contribution in [2.24, 2.45) is 0 Å². The van der Waals surface area contributed by atoms with E-state index in [0.717, 1.165) is 13.0 Å². The Labute approximate surface area is 85.2 Å². The molecule has 1 rings (SSSR count). The Morgan fingerprint density at radius 1 is 1.36 bits per heavy atom. The summed E-state index contributed by atoms with van der Waals surface area (Å²) in [5.74, 6) is 0.217. The van der Waals surface area contributed by atoms with E-state index in [9.17, 15) is 4.79 Å². The third-order valence-electron chi connectivity index (χ3n) is 2.25. The van der Waals surface area contributed by atoms with Crippen molar-refractivity contribution in [1.82, 2.24) is 4.90 Å². The van der Waals surface area contributed by atoms with Gasteiger partial charge in [-0.05, 0) is 20.3 Å². The molecule has 0 aliphatic carbocycles. The van der Waals surface area contributed by atoms with Crippen molar-refractivity contribution in [3.05, 3.63) is 0 Å². The van der Waals surface area contributed by atoms with Crippen molar-refractivity contribution in [1.29, 1.82) is 0 Å². The zero-order chi connectivity index (χ0) is 10.4. The minimum Gasteiger partial charge on any atom is -0.351 e. The number of rotatable bonds is 6. The fourth-order valence-corrected chi connectivity index (χ4v) is 1.60. The summed E-state index contributed by atoms with van der Waals surface area (Å²) >= 11 is 0. The van der Waals surface area contributed by atoms with Gasteiger partial charge in [-0.25, -0.2) is 0 Å². The summed E-state index contributed by atoms with van der Waals surface area (Å²) in [4.78, 5) is 13.1. The molecule has 1 amide bonds. The summed E-state index contributed by atoms with van der Waals surface area (Å²) in [6.45, 7) is 6.50. The molecule has 0 aromatic heterocycles. The molecule has 0 bridgehead atoms. The quantitative estimate of drug-likeness (QED) is 0.602. The molecule has 14 heavy (non-hydrogen) atoms. The van der Waals surface area contributed by atoms with Crippen molar-refractivity contribution < 1.29 is 14.3 Å². The zero-order valence-electron chi connectivity index (χ0n) is 8.99. The van der Waals surface area contributed by atoms with E-state index in [2.05, 4.69) is 0 Å². The van der Waals surface area contributed by atoms with E-state index in [0.29, 0.717) is 26.2 Å². The van der Waals surface area contributed by atoms with Gasteiger partial charge >= 0.3 is 0 Å². The summed E-state index contributed by atoms with van der Waals surface area (Å²) in [5.41, 5.74) is 0. The number of hydrogen-bond donors (Lipinski definition) is 0. The van der Waals surface area contributed by atoms with Gasteiger partial charge in [-0.1, -0.05) is 0 Å². The zero-order valence-corrected chi connectivity index (χ0v) is 8.99. The van der Waals surface area contributed by atoms with Crippen LogP contribution in [0.25, 0.3) is 0 Å². The molecule has 1 heterocycles. The van der Waals surface area contributed by atoms with E-state index >= 15 is 0 Å². The van der Waals surface area contributed by atoms with Gasteiger partial charge in [0.05, 0.1) is 6.54 Å². The van der Waals surface area contributed by atoms with E-state index in [-0.39, 0.29) is 12.2 Å². The molecule has 0 N–H and O–H groups in total. The molecular weight excluding hydrogens is 182 g/mol. The molecule has 0 aromatic carbocycles. The van der Waals surface area contributed by atoms with E-state index in [1.54, 1.807) is 0 Å². The van der Waals surface area contributed by atoms with E-state index in [4.69, 9.17) is 9.47 Å². The average molecular weight is 201 g/mol. The fraction of sp³-hybridized carbons (Fsp3) is 0.900. The summed E-state index contributed by atoms with van der Waals surface area (Å²) < 4.78 is 10.8. The molecule has 1 fully saturated rings. The van der Waals surface area contributed by atoms with Gasteiger partial charge in [0.1, 0.15) is 0 Å². The van der Waals surface area contributed by atoms with Gasteiger partial charge in [0, 0.05) is 26.2 Å². The van der Waals surface area contributed by atoms with Crippen LogP contribution in [0.3, 0.4) is 0 Å². The number of carbonyl (C=O) groups excluding carboxylic acids is 1. The van der Waals surface area contributed by atoms with Gasteiger partial charge in [0.25, 0.3) is 0 Å². The van der Waals surface area contributed by atoms with Crippen LogP contribution in [0, 0.1) is 0 Å². The highest BCUT2D eigenvalue weighted by Crippen LogP contribution is 2.11. The first-order valence-electron chi connectivity index (χ1n) is 5.28. The van der Waals surface area contributed by atoms with Crippen LogP contribution in [0.15, 0.2) is 0 Å². The number of hydrogen-bond acceptors (Lipinski definition) is 3. The highest BCUT2D eigenvalue weighted by atomic mass is 16.7. The molecule has 4 heteroatoms. The smallest absolute Gasteiger partial charge is 0.222 e. The number of nitrogens with zero attached hydrogens (tertiary/aromatic N) is 1. The Kier molecular flexibility index (Phi) is 4.90. The van der Waals surface area contributed by atoms with Crippen LogP contribution in [-0.2, 0) is 14.3 Å². The van der Waals surface area contributed by atoms with Crippen LogP contribution >= 0.6 is 0 Å². The lowest BCUT2D eigenvalue weighted by Gasteiger charge is -2.23. The van der Waals surface area contributed by atoms with Crippen LogP contribution in [0.4, 0.5) is 0 Å². The maximum absolute atomic E-state index is 11.3. The minimum atomic E-state index is -0.257. The number of likely N-dealkylation sites (tertiary alicyclic amines) is 1. The van der Waals surface area contributed by atoms with Crippen LogP contribution < -0.4 is 0 Å². The number of amides is 1. The molecule has 82 valence electrons. The summed E-state index contributed by atoms with van der Waals surface area (Å²) in [7, 11) is 0. The van der Waals surface area contributed by atoms with Gasteiger partial charge in [0.15, 0.2) is 6.29 Å². The van der Waals surface area contributed by atoms with Crippen LogP contribution in [0.1, 0.15) is 26.7 Å². The van der Waals surface area contributed by atoms with Gasteiger partial charge in [-0.3, -0.25) is 4.79 Å². The van der Waals surface area contributed by atoms with Crippen molar-refractivity contribution in [3.8, 4) is 0 Å². The first kappa shape index (κ1) is 11.5. The lowest BCUT2D eigenvalue weighted by molar-refractivity contribution is -0.155. The second-order valence-corrected chi connectivity index (χ2v) is 3.28. The average Bonchev–Trinajstić information content (AvgIpc) is 2.53. The molecule has 0 atom stereocenters. The maximum Gasteiger partial charge on any atom is 0.222 e. The van der Waals surface area contributed by atoms with E-state index in [1.165, 1.54) is 0 Å². The molecule has 1 saturated heterocycles. The summed E-state index contributed by atoms with van der Waals surface area (Å²) in [6.07, 6.45) is 1.38. The molecule has 0 saturated carbocycles. The van der Waals surface area contributed by atoms with Crippen molar-refractivity contribution >= 4 is 5.91 Å². The molecule has 0 aromatic rings. The van der Waals surface area contributed by atoms with Crippen molar-refractivity contribution in [2.45, 2.75) is 33.0 Å². The predicted octanol–water partition coefficient (Wildman–Crippen LogP) is 1.01. The first-order chi connectivity index (χ1) is 6.77. The SMILES string of the molecule is CCOC(CN1CCCC1=O)OCC. The molecule has 4 nitrogen and oxygen atoms in total. The van der Waals surface area contributed by atoms with Crippen LogP contribution in [0.2, 0.25) is 0 Å². The van der Waals surface area contributed by atoms with Crippen LogP contribution in [0.5, 0.6) is 0 Å². The molecule has 1 aliphatic heterocycles. The van der Waals surface area contributed by atoms with Gasteiger partial charge in [0.2, 0.25) is 5.91 Å². The Hall–Kier alpha value is -0.610. The highest BCUT2D eigenvalue weighted by molar-refractivity contribution is 5.78. The normalized spacial score (nSPS) is 17.1.